The van der Waals surface area contributed by atoms with Crippen LogP contribution >= 0.6 is 0 Å². The molecule has 0 aliphatic heterocycles. The van der Waals surface area contributed by atoms with E-state index in [9.17, 15) is 0 Å². The van der Waals surface area contributed by atoms with Gasteiger partial charge in [0.25, 0.3) is 0 Å². The van der Waals surface area contributed by atoms with Gasteiger partial charge in [-0.25, -0.2) is 0 Å². The minimum absolute atomic E-state index is 0.0646. The van der Waals surface area contributed by atoms with Gasteiger partial charge in [-0.3, -0.25) is 0 Å². The van der Waals surface area contributed by atoms with Gasteiger partial charge in [0.05, 0.1) is 11.4 Å². The van der Waals surface area contributed by atoms with E-state index in [1.807, 2.05) is 0 Å². The lowest BCUT2D eigenvalue weighted by Crippen LogP contribution is -2.15. The van der Waals surface area contributed by atoms with E-state index in [-0.39, 0.29) is 10.8 Å². The van der Waals surface area contributed by atoms with Crippen molar-refractivity contribution in [3.8, 4) is 66.8 Å². The van der Waals surface area contributed by atoms with Crippen molar-refractivity contribution in [3.05, 3.63) is 247 Å². The fraction of sp³-hybridized carbons (Fsp3) is 0.0938. The van der Waals surface area contributed by atoms with Crippen molar-refractivity contribution in [1.29, 1.82) is 0 Å². The van der Waals surface area contributed by atoms with Gasteiger partial charge in [-0.15, -0.1) is 0 Å². The molecule has 0 bridgehead atoms. The highest BCUT2D eigenvalue weighted by Gasteiger charge is 2.37. The molecular formula is C64H49N. The Morgan fingerprint density at radius 2 is 0.754 bits per heavy atom. The Balaban J connectivity index is 1.06. The molecule has 0 fully saturated rings. The van der Waals surface area contributed by atoms with Crippen LogP contribution in [-0.2, 0) is 10.8 Å². The predicted octanol–water partition coefficient (Wildman–Crippen LogP) is 17.6. The molecule has 1 nitrogen and oxygen atoms in total. The Hall–Kier alpha value is -7.74. The summed E-state index contributed by atoms with van der Waals surface area (Å²) < 4.78 is 0. The summed E-state index contributed by atoms with van der Waals surface area (Å²) >= 11 is 0. The quantitative estimate of drug-likeness (QED) is 0.155. The number of rotatable bonds is 7. The molecule has 0 unspecified atom stereocenters. The number of fused-ring (bicyclic) bond motifs is 7. The third-order valence-corrected chi connectivity index (χ3v) is 14.5. The highest BCUT2D eigenvalue weighted by molar-refractivity contribution is 6.04. The van der Waals surface area contributed by atoms with Crippen LogP contribution in [0.5, 0.6) is 0 Å². The van der Waals surface area contributed by atoms with Crippen molar-refractivity contribution in [2.75, 3.05) is 4.90 Å². The van der Waals surface area contributed by atoms with Crippen LogP contribution < -0.4 is 4.90 Å². The Labute approximate surface area is 383 Å². The molecule has 0 amide bonds. The Morgan fingerprint density at radius 3 is 1.48 bits per heavy atom. The zero-order chi connectivity index (χ0) is 43.9. The van der Waals surface area contributed by atoms with Gasteiger partial charge in [0, 0.05) is 27.5 Å². The van der Waals surface area contributed by atoms with Gasteiger partial charge >= 0.3 is 0 Å². The first-order valence-electron chi connectivity index (χ1n) is 22.9. The predicted molar refractivity (Wildman–Crippen MR) is 276 cm³/mol. The summed E-state index contributed by atoms with van der Waals surface area (Å²) in [5, 5.41) is 2.41. The molecule has 2 aliphatic rings. The summed E-state index contributed by atoms with van der Waals surface area (Å²) in [6.07, 6.45) is 0. The molecule has 10 aromatic rings. The normalized spacial score (nSPS) is 13.8. The lowest BCUT2D eigenvalue weighted by Gasteiger charge is -2.30. The fourth-order valence-corrected chi connectivity index (χ4v) is 11.1. The molecule has 1 heteroatoms. The van der Waals surface area contributed by atoms with Gasteiger partial charge in [-0.05, 0) is 131 Å². The molecule has 12 rings (SSSR count). The smallest absolute Gasteiger partial charge is 0.0546 e. The van der Waals surface area contributed by atoms with E-state index < -0.39 is 0 Å². The molecule has 0 radical (unpaired) electrons. The van der Waals surface area contributed by atoms with Gasteiger partial charge in [0.1, 0.15) is 0 Å². The summed E-state index contributed by atoms with van der Waals surface area (Å²) in [5.41, 5.74) is 23.6. The van der Waals surface area contributed by atoms with Crippen molar-refractivity contribution >= 4 is 27.8 Å². The van der Waals surface area contributed by atoms with Crippen molar-refractivity contribution in [1.82, 2.24) is 0 Å². The SMILES string of the molecule is CC1(C)c2ccccc2-c2ccc(-c3ccc(N(c4cccc(-c5ccc6c(c5)C(C)(C)c5ccccc5-6)c4-c4cccc(-c5ccccc5)c4)c4cccc5ccccc45)cc3)cc21. The second kappa shape index (κ2) is 14.9. The Morgan fingerprint density at radius 1 is 0.292 bits per heavy atom. The maximum Gasteiger partial charge on any atom is 0.0546 e. The Bertz CT molecular complexity index is 3470. The van der Waals surface area contributed by atoms with E-state index >= 15 is 0 Å². The van der Waals surface area contributed by atoms with Crippen LogP contribution in [0.4, 0.5) is 17.1 Å². The van der Waals surface area contributed by atoms with Gasteiger partial charge in [0.2, 0.25) is 0 Å². The molecule has 310 valence electrons. The second-order valence-electron chi connectivity index (χ2n) is 18.9. The van der Waals surface area contributed by atoms with Crippen LogP contribution in [-0.4, -0.2) is 0 Å². The minimum Gasteiger partial charge on any atom is -0.309 e. The first-order valence-corrected chi connectivity index (χ1v) is 22.9. The molecule has 0 saturated carbocycles. The molecule has 2 aliphatic carbocycles. The van der Waals surface area contributed by atoms with E-state index in [0.29, 0.717) is 0 Å². The van der Waals surface area contributed by atoms with Gasteiger partial charge in [-0.2, -0.15) is 0 Å². The molecule has 0 saturated heterocycles. The monoisotopic (exact) mass is 831 g/mol. The summed E-state index contributed by atoms with van der Waals surface area (Å²) in [6, 6.07) is 83.5. The molecule has 0 heterocycles. The van der Waals surface area contributed by atoms with E-state index in [0.717, 1.165) is 17.1 Å². The fourth-order valence-electron chi connectivity index (χ4n) is 11.1. The zero-order valence-electron chi connectivity index (χ0n) is 37.3. The van der Waals surface area contributed by atoms with Gasteiger partial charge in [-0.1, -0.05) is 210 Å². The molecule has 0 aromatic heterocycles. The first kappa shape index (κ1) is 38.9. The molecule has 0 atom stereocenters. The summed E-state index contributed by atoms with van der Waals surface area (Å²) in [6.45, 7) is 9.46. The molecule has 0 spiro atoms. The van der Waals surface area contributed by atoms with Crippen molar-refractivity contribution in [2.24, 2.45) is 0 Å². The Kier molecular flexibility index (Phi) is 8.94. The van der Waals surface area contributed by atoms with E-state index in [2.05, 4.69) is 257 Å². The third-order valence-electron chi connectivity index (χ3n) is 14.5. The van der Waals surface area contributed by atoms with Crippen molar-refractivity contribution < 1.29 is 0 Å². The van der Waals surface area contributed by atoms with Crippen LogP contribution in [0.15, 0.2) is 224 Å². The van der Waals surface area contributed by atoms with Crippen molar-refractivity contribution in [3.63, 3.8) is 0 Å². The molecular weight excluding hydrogens is 783 g/mol. The number of hydrogen-bond acceptors (Lipinski definition) is 1. The highest BCUT2D eigenvalue weighted by Crippen LogP contribution is 2.53. The molecule has 10 aromatic carbocycles. The first-order chi connectivity index (χ1) is 31.8. The average molecular weight is 832 g/mol. The standard InChI is InChI=1S/C64H49N/c1-63(2)56-27-12-10-24-52(56)54-37-33-46(40-58(54)63)43-31-35-49(36-32-43)65(60-29-15-20-44-19-8-9-23-50(44)60)61-30-16-26-51(62(61)48-22-14-21-45(39-48)42-17-6-5-7-18-42)47-34-38-55-53-25-11-13-28-57(53)64(3,4)59(55)41-47/h5-41H,1-4H3. The average Bonchev–Trinajstić information content (AvgIpc) is 3.73. The lowest BCUT2D eigenvalue weighted by molar-refractivity contribution is 0.660. The third kappa shape index (κ3) is 6.21. The number of benzene rings is 10. The van der Waals surface area contributed by atoms with Gasteiger partial charge in [0.15, 0.2) is 0 Å². The second-order valence-corrected chi connectivity index (χ2v) is 18.9. The van der Waals surface area contributed by atoms with E-state index in [1.54, 1.807) is 0 Å². The number of anilines is 3. The van der Waals surface area contributed by atoms with Crippen LogP contribution in [0, 0.1) is 0 Å². The summed E-state index contributed by atoms with van der Waals surface area (Å²) in [5.74, 6) is 0. The zero-order valence-corrected chi connectivity index (χ0v) is 37.3. The number of hydrogen-bond donors (Lipinski definition) is 0. The largest absolute Gasteiger partial charge is 0.309 e. The van der Waals surface area contributed by atoms with E-state index in [4.69, 9.17) is 0 Å². The summed E-state index contributed by atoms with van der Waals surface area (Å²) in [4.78, 5) is 2.50. The van der Waals surface area contributed by atoms with Crippen LogP contribution in [0.25, 0.3) is 77.5 Å². The van der Waals surface area contributed by atoms with Gasteiger partial charge < -0.3 is 4.90 Å². The summed E-state index contributed by atoms with van der Waals surface area (Å²) in [7, 11) is 0. The van der Waals surface area contributed by atoms with E-state index in [1.165, 1.54) is 99.8 Å². The molecule has 0 N–H and O–H groups in total. The van der Waals surface area contributed by atoms with Crippen LogP contribution in [0.2, 0.25) is 0 Å². The maximum absolute atomic E-state index is 2.50. The highest BCUT2D eigenvalue weighted by atomic mass is 15.1. The number of nitrogens with zero attached hydrogens (tertiary/aromatic N) is 1. The van der Waals surface area contributed by atoms with Crippen molar-refractivity contribution in [2.45, 2.75) is 38.5 Å². The maximum atomic E-state index is 2.50. The molecule has 65 heavy (non-hydrogen) atoms. The lowest BCUT2D eigenvalue weighted by atomic mass is 9.81. The van der Waals surface area contributed by atoms with Crippen LogP contribution in [0.1, 0.15) is 49.9 Å². The minimum atomic E-state index is -0.123. The topological polar surface area (TPSA) is 3.24 Å². The van der Waals surface area contributed by atoms with Crippen LogP contribution in [0.3, 0.4) is 0 Å².